The summed E-state index contributed by atoms with van der Waals surface area (Å²) in [6.07, 6.45) is 4.61. The fourth-order valence-corrected chi connectivity index (χ4v) is 4.47. The molecule has 1 unspecified atom stereocenters. The van der Waals surface area contributed by atoms with Crippen molar-refractivity contribution in [3.63, 3.8) is 0 Å². The third kappa shape index (κ3) is 6.63. The van der Waals surface area contributed by atoms with Crippen molar-refractivity contribution in [1.82, 2.24) is 14.8 Å². The van der Waals surface area contributed by atoms with E-state index >= 15 is 0 Å². The number of hydrogen-bond donors (Lipinski definition) is 3. The van der Waals surface area contributed by atoms with Crippen LogP contribution in [0.3, 0.4) is 0 Å². The molecule has 2 rings (SSSR count). The third-order valence-electron chi connectivity index (χ3n) is 5.75. The molecule has 1 aliphatic carbocycles. The van der Waals surface area contributed by atoms with Crippen LogP contribution in [0.5, 0.6) is 5.75 Å². The lowest BCUT2D eigenvalue weighted by Gasteiger charge is -2.43. The molecule has 1 aromatic rings. The number of aryl methyl sites for hydroxylation is 1. The van der Waals surface area contributed by atoms with Gasteiger partial charge in [-0.15, -0.1) is 0 Å². The highest BCUT2D eigenvalue weighted by molar-refractivity contribution is 5.72. The topological polar surface area (TPSA) is 140 Å². The van der Waals surface area contributed by atoms with Crippen molar-refractivity contribution in [3.05, 3.63) is 23.0 Å². The van der Waals surface area contributed by atoms with E-state index in [0.29, 0.717) is 24.3 Å². The second kappa shape index (κ2) is 11.1. The summed E-state index contributed by atoms with van der Waals surface area (Å²) in [4.78, 5) is 42.0. The van der Waals surface area contributed by atoms with Gasteiger partial charge in [-0.3, -0.25) is 29.2 Å². The van der Waals surface area contributed by atoms with Crippen LogP contribution in [0.25, 0.3) is 0 Å². The van der Waals surface area contributed by atoms with Crippen molar-refractivity contribution < 1.29 is 34.4 Å². The Kier molecular flexibility index (Phi) is 8.76. The maximum absolute atomic E-state index is 11.6. The first kappa shape index (κ1) is 24.5. The molecule has 10 heteroatoms. The van der Waals surface area contributed by atoms with Gasteiger partial charge in [0.1, 0.15) is 5.75 Å². The molecule has 1 saturated carbocycles. The Bertz CT molecular complexity index is 798. The normalized spacial score (nSPS) is 18.9. The molecular formula is C21H31N3O7. The van der Waals surface area contributed by atoms with Crippen LogP contribution in [-0.4, -0.2) is 86.8 Å². The van der Waals surface area contributed by atoms with Gasteiger partial charge in [-0.1, -0.05) is 12.8 Å². The van der Waals surface area contributed by atoms with Gasteiger partial charge in [0, 0.05) is 36.0 Å². The lowest BCUT2D eigenvalue weighted by Crippen LogP contribution is -2.56. The van der Waals surface area contributed by atoms with Gasteiger partial charge < -0.3 is 20.1 Å². The summed E-state index contributed by atoms with van der Waals surface area (Å²) < 4.78 is 5.46. The first-order valence-electron chi connectivity index (χ1n) is 10.3. The maximum atomic E-state index is 11.6. The first-order valence-corrected chi connectivity index (χ1v) is 10.3. The molecule has 31 heavy (non-hydrogen) atoms. The van der Waals surface area contributed by atoms with E-state index < -0.39 is 31.0 Å². The van der Waals surface area contributed by atoms with Gasteiger partial charge >= 0.3 is 17.9 Å². The van der Waals surface area contributed by atoms with E-state index in [9.17, 15) is 29.7 Å². The fraction of sp³-hybridized carbons (Fsp3) is 0.619. The molecule has 1 aliphatic rings. The van der Waals surface area contributed by atoms with Crippen molar-refractivity contribution in [1.29, 1.82) is 0 Å². The highest BCUT2D eigenvalue weighted by Gasteiger charge is 2.37. The molecule has 172 valence electrons. The number of hydrogen-bond acceptors (Lipinski definition) is 7. The van der Waals surface area contributed by atoms with E-state index in [2.05, 4.69) is 4.98 Å². The van der Waals surface area contributed by atoms with Gasteiger partial charge in [0.05, 0.1) is 32.4 Å². The summed E-state index contributed by atoms with van der Waals surface area (Å²) in [5, 5.41) is 28.1. The largest absolute Gasteiger partial charge is 0.496 e. The number of aliphatic carboxylic acids is 3. The summed E-state index contributed by atoms with van der Waals surface area (Å²) in [6.45, 7) is 2.90. The number of rotatable bonds is 11. The van der Waals surface area contributed by atoms with Gasteiger partial charge in [-0.25, -0.2) is 0 Å². The molecular weight excluding hydrogens is 406 g/mol. The molecule has 0 spiro atoms. The van der Waals surface area contributed by atoms with Crippen LogP contribution in [0.2, 0.25) is 0 Å². The molecule has 0 bridgehead atoms. The van der Waals surface area contributed by atoms with E-state index in [4.69, 9.17) is 4.74 Å². The fourth-order valence-electron chi connectivity index (χ4n) is 4.47. The number of carbonyl (C=O) groups is 3. The monoisotopic (exact) mass is 437 g/mol. The first-order chi connectivity index (χ1) is 14.6. The van der Waals surface area contributed by atoms with Gasteiger partial charge in [-0.05, 0) is 26.7 Å². The van der Waals surface area contributed by atoms with Crippen LogP contribution in [0, 0.1) is 13.8 Å². The van der Waals surface area contributed by atoms with Crippen molar-refractivity contribution in [3.8, 4) is 5.75 Å². The van der Waals surface area contributed by atoms with E-state index in [1.54, 1.807) is 18.2 Å². The molecule has 0 amide bonds. The van der Waals surface area contributed by atoms with E-state index in [1.807, 2.05) is 13.8 Å². The van der Waals surface area contributed by atoms with E-state index in [0.717, 1.165) is 24.0 Å². The smallest absolute Gasteiger partial charge is 0.317 e. The lowest BCUT2D eigenvalue weighted by atomic mass is 9.87. The van der Waals surface area contributed by atoms with Crippen LogP contribution in [0.15, 0.2) is 6.20 Å². The third-order valence-corrected chi connectivity index (χ3v) is 5.75. The summed E-state index contributed by atoms with van der Waals surface area (Å²) in [5.74, 6) is -2.55. The second-order valence-corrected chi connectivity index (χ2v) is 7.96. The van der Waals surface area contributed by atoms with Gasteiger partial charge in [0.25, 0.3) is 0 Å². The van der Waals surface area contributed by atoms with Gasteiger partial charge in [-0.2, -0.15) is 0 Å². The minimum Gasteiger partial charge on any atom is -0.496 e. The van der Waals surface area contributed by atoms with Crippen LogP contribution in [-0.2, 0) is 20.9 Å². The summed E-state index contributed by atoms with van der Waals surface area (Å²) in [5.41, 5.74) is 2.37. The standard InChI is InChI=1S/C21H31N3O7/c1-13-8-22-15(14(2)21(13)31-3)9-23(10-18(25)26)16-6-4-5-7-17(16)24(11-19(27)28)12-20(29)30/h8,16-17H,4-7,9-12H2,1-3H3,(H,25,26)(H,27,28)(H,29,30)/t16?,17-/m0/s1. The highest BCUT2D eigenvalue weighted by Crippen LogP contribution is 2.30. The molecule has 0 aromatic carbocycles. The van der Waals surface area contributed by atoms with E-state index in [-0.39, 0.29) is 25.2 Å². The predicted octanol–water partition coefficient (Wildman–Crippen LogP) is 1.38. The van der Waals surface area contributed by atoms with Crippen LogP contribution >= 0.6 is 0 Å². The quantitative estimate of drug-likeness (QED) is 0.465. The number of methoxy groups -OCH3 is 1. The lowest BCUT2D eigenvalue weighted by molar-refractivity contribution is -0.146. The van der Waals surface area contributed by atoms with Gasteiger partial charge in [0.15, 0.2) is 0 Å². The highest BCUT2D eigenvalue weighted by atomic mass is 16.5. The molecule has 1 aromatic heterocycles. The van der Waals surface area contributed by atoms with Crippen LogP contribution in [0.4, 0.5) is 0 Å². The maximum Gasteiger partial charge on any atom is 0.317 e. The minimum absolute atomic E-state index is 0.240. The Labute approximate surface area is 181 Å². The van der Waals surface area contributed by atoms with E-state index in [1.165, 1.54) is 4.90 Å². The van der Waals surface area contributed by atoms with Crippen LogP contribution < -0.4 is 4.74 Å². The van der Waals surface area contributed by atoms with Crippen molar-refractivity contribution in [2.75, 3.05) is 26.7 Å². The number of ether oxygens (including phenoxy) is 1. The Morgan fingerprint density at radius 3 is 1.94 bits per heavy atom. The van der Waals surface area contributed by atoms with Crippen molar-refractivity contribution >= 4 is 17.9 Å². The molecule has 0 saturated heterocycles. The summed E-state index contributed by atoms with van der Waals surface area (Å²) >= 11 is 0. The zero-order chi connectivity index (χ0) is 23.1. The predicted molar refractivity (Wildman–Crippen MR) is 111 cm³/mol. The zero-order valence-electron chi connectivity index (χ0n) is 18.2. The average molecular weight is 437 g/mol. The molecule has 1 heterocycles. The Morgan fingerprint density at radius 1 is 0.968 bits per heavy atom. The number of aromatic nitrogens is 1. The van der Waals surface area contributed by atoms with Crippen LogP contribution in [0.1, 0.15) is 42.5 Å². The summed E-state index contributed by atoms with van der Waals surface area (Å²) in [6, 6.07) is -0.690. The number of carboxylic acids is 3. The Hall–Kier alpha value is -2.72. The van der Waals surface area contributed by atoms with Crippen molar-refractivity contribution in [2.24, 2.45) is 0 Å². The SMILES string of the molecule is COc1c(C)cnc(CN(CC(=O)O)C2CCCC[C@@H]2N(CC(=O)O)CC(=O)O)c1C. The minimum atomic E-state index is -1.11. The molecule has 3 N–H and O–H groups in total. The Balaban J connectivity index is 2.38. The summed E-state index contributed by atoms with van der Waals surface area (Å²) in [7, 11) is 1.57. The molecule has 0 radical (unpaired) electrons. The molecule has 10 nitrogen and oxygen atoms in total. The molecule has 0 aliphatic heterocycles. The molecule has 1 fully saturated rings. The van der Waals surface area contributed by atoms with Crippen molar-refractivity contribution in [2.45, 2.75) is 58.2 Å². The number of nitrogens with zero attached hydrogens (tertiary/aromatic N) is 3. The van der Waals surface area contributed by atoms with Gasteiger partial charge in [0.2, 0.25) is 0 Å². The average Bonchev–Trinajstić information content (AvgIpc) is 2.68. The molecule has 2 atom stereocenters. The number of pyridine rings is 1. The Morgan fingerprint density at radius 2 is 1.45 bits per heavy atom. The zero-order valence-corrected chi connectivity index (χ0v) is 18.2. The number of carboxylic acid groups (broad SMARTS) is 3. The second-order valence-electron chi connectivity index (χ2n) is 7.96.